The van der Waals surface area contributed by atoms with E-state index in [-0.39, 0.29) is 0 Å². The van der Waals surface area contributed by atoms with E-state index in [1.807, 2.05) is 12.1 Å². The van der Waals surface area contributed by atoms with Crippen LogP contribution in [0.3, 0.4) is 0 Å². The van der Waals surface area contributed by atoms with Crippen molar-refractivity contribution in [3.8, 4) is 0 Å². The van der Waals surface area contributed by atoms with Crippen LogP contribution >= 0.6 is 0 Å². The molecule has 0 spiro atoms. The van der Waals surface area contributed by atoms with Gasteiger partial charge in [-0.05, 0) is 63.2 Å². The summed E-state index contributed by atoms with van der Waals surface area (Å²) in [5.74, 6) is 0. The molecule has 2 aromatic rings. The smallest absolute Gasteiger partial charge is 0.128 e. The highest BCUT2D eigenvalue weighted by Gasteiger charge is 2.12. The van der Waals surface area contributed by atoms with E-state index in [1.165, 1.54) is 51.3 Å². The lowest BCUT2D eigenvalue weighted by atomic mass is 9.88. The summed E-state index contributed by atoms with van der Waals surface area (Å²) in [4.78, 5) is 10.8. The highest BCUT2D eigenvalue weighted by atomic mass is 16.1. The molecule has 4 rings (SSSR count). The Bertz CT molecular complexity index is 935. The molecule has 21 heavy (non-hydrogen) atoms. The van der Waals surface area contributed by atoms with Crippen LogP contribution in [0.25, 0.3) is 12.2 Å². The normalized spacial score (nSPS) is 15.0. The summed E-state index contributed by atoms with van der Waals surface area (Å²) < 4.78 is 0. The third-order valence-corrected chi connectivity index (χ3v) is 4.65. The Hall–Kier alpha value is -2.15. The molecule has 0 unspecified atom stereocenters. The van der Waals surface area contributed by atoms with Crippen LogP contribution in [0.2, 0.25) is 0 Å². The van der Waals surface area contributed by atoms with E-state index in [0.717, 1.165) is 18.3 Å². The molecule has 0 aliphatic heterocycles. The zero-order chi connectivity index (χ0) is 14.2. The maximum absolute atomic E-state index is 10.8. The van der Waals surface area contributed by atoms with Crippen molar-refractivity contribution in [2.45, 2.75) is 25.7 Å². The average Bonchev–Trinajstić information content (AvgIpc) is 2.55. The number of hydrogen-bond donors (Lipinski definition) is 0. The van der Waals surface area contributed by atoms with Crippen molar-refractivity contribution in [1.29, 1.82) is 0 Å². The van der Waals surface area contributed by atoms with Crippen LogP contribution in [0.1, 0.15) is 29.5 Å². The maximum Gasteiger partial charge on any atom is 0.128 e. The molecule has 0 aromatic heterocycles. The predicted molar refractivity (Wildman–Crippen MR) is 84.8 cm³/mol. The standard InChI is InChI=1S/C20H17O/c21-13-12-15-5-3-7-18-17(15)10-11-19-16-6-2-1-4-14(16)8-9-20(18)19/h3-5,7-10,12-13H,1-2,6,11H2. The second kappa shape index (κ2) is 5.00. The summed E-state index contributed by atoms with van der Waals surface area (Å²) in [5, 5.41) is 5.24. The van der Waals surface area contributed by atoms with Gasteiger partial charge in [0.05, 0.1) is 6.42 Å². The van der Waals surface area contributed by atoms with Gasteiger partial charge in [-0.3, -0.25) is 0 Å². The molecule has 0 N–H and O–H groups in total. The Kier molecular flexibility index (Phi) is 2.99. The molecule has 0 amide bonds. The summed E-state index contributed by atoms with van der Waals surface area (Å²) in [6.45, 7) is 0. The minimum absolute atomic E-state index is 0.876. The number of carbonyl (C=O) groups excluding carboxylic acids is 1. The fourth-order valence-corrected chi connectivity index (χ4v) is 3.69. The first-order valence-corrected chi connectivity index (χ1v) is 7.61. The largest absolute Gasteiger partial charge is 0.303 e. The minimum Gasteiger partial charge on any atom is -0.303 e. The molecule has 2 aliphatic rings. The van der Waals surface area contributed by atoms with Gasteiger partial charge in [0.1, 0.15) is 6.29 Å². The number of fused-ring (bicyclic) bond motifs is 4. The van der Waals surface area contributed by atoms with E-state index >= 15 is 0 Å². The van der Waals surface area contributed by atoms with Crippen molar-refractivity contribution in [3.63, 3.8) is 0 Å². The summed E-state index contributed by atoms with van der Waals surface area (Å²) in [7, 11) is 0. The molecule has 0 heterocycles. The van der Waals surface area contributed by atoms with Crippen molar-refractivity contribution in [2.75, 3.05) is 0 Å². The van der Waals surface area contributed by atoms with E-state index in [1.54, 1.807) is 6.42 Å². The van der Waals surface area contributed by atoms with Crippen LogP contribution in [-0.4, -0.2) is 6.29 Å². The van der Waals surface area contributed by atoms with Gasteiger partial charge in [-0.1, -0.05) is 42.5 Å². The highest BCUT2D eigenvalue weighted by molar-refractivity contribution is 5.68. The maximum atomic E-state index is 10.8. The van der Waals surface area contributed by atoms with Crippen molar-refractivity contribution in [3.05, 3.63) is 74.3 Å². The lowest BCUT2D eigenvalue weighted by molar-refractivity contribution is -0.104. The molecule has 1 heteroatoms. The molecule has 2 aromatic carbocycles. The molecule has 0 saturated heterocycles. The lowest BCUT2D eigenvalue weighted by Gasteiger charge is -2.16. The van der Waals surface area contributed by atoms with Crippen molar-refractivity contribution >= 4 is 18.4 Å². The Morgan fingerprint density at radius 3 is 2.81 bits per heavy atom. The van der Waals surface area contributed by atoms with Gasteiger partial charge < -0.3 is 4.79 Å². The highest BCUT2D eigenvalue weighted by Crippen LogP contribution is 2.18. The molecular weight excluding hydrogens is 256 g/mol. The molecular formula is C20H17O. The van der Waals surface area contributed by atoms with Crippen molar-refractivity contribution < 1.29 is 4.79 Å². The first-order chi connectivity index (χ1) is 10.4. The van der Waals surface area contributed by atoms with Crippen LogP contribution in [0.15, 0.2) is 30.3 Å². The Morgan fingerprint density at radius 2 is 1.90 bits per heavy atom. The van der Waals surface area contributed by atoms with Crippen LogP contribution in [0.4, 0.5) is 0 Å². The van der Waals surface area contributed by atoms with Gasteiger partial charge in [-0.15, -0.1) is 0 Å². The van der Waals surface area contributed by atoms with Crippen LogP contribution < -0.4 is 10.4 Å². The molecule has 1 nitrogen and oxygen atoms in total. The molecule has 0 fully saturated rings. The SMILES string of the molecule is O=C[CH]c1cccc2c1=CCc1c3c(ccc1=2)=CCCC3. The zero-order valence-corrected chi connectivity index (χ0v) is 11.9. The second-order valence-electron chi connectivity index (χ2n) is 5.78. The first-order valence-electron chi connectivity index (χ1n) is 7.61. The number of aldehydes is 1. The number of benzene rings is 2. The van der Waals surface area contributed by atoms with Gasteiger partial charge in [0.2, 0.25) is 0 Å². The lowest BCUT2D eigenvalue weighted by Crippen LogP contribution is -2.21. The molecule has 0 atom stereocenters. The fraction of sp³-hybridized carbons (Fsp3) is 0.200. The van der Waals surface area contributed by atoms with Gasteiger partial charge in [0.25, 0.3) is 0 Å². The average molecular weight is 273 g/mol. The minimum atomic E-state index is 0.876. The summed E-state index contributed by atoms with van der Waals surface area (Å²) in [5.41, 5.74) is 4.04. The van der Waals surface area contributed by atoms with Gasteiger partial charge >= 0.3 is 0 Å². The molecule has 1 radical (unpaired) electrons. The second-order valence-corrected chi connectivity index (χ2v) is 5.78. The number of hydrogen-bond acceptors (Lipinski definition) is 1. The van der Waals surface area contributed by atoms with Crippen LogP contribution in [0, 0.1) is 16.9 Å². The number of rotatable bonds is 2. The predicted octanol–water partition coefficient (Wildman–Crippen LogP) is 2.18. The third kappa shape index (κ3) is 1.96. The summed E-state index contributed by atoms with van der Waals surface area (Å²) in [6, 6.07) is 10.7. The van der Waals surface area contributed by atoms with E-state index in [2.05, 4.69) is 30.4 Å². The molecule has 103 valence electrons. The monoisotopic (exact) mass is 273 g/mol. The van der Waals surface area contributed by atoms with Gasteiger partial charge in [0.15, 0.2) is 0 Å². The zero-order valence-electron chi connectivity index (χ0n) is 11.9. The number of carbonyl (C=O) groups is 1. The molecule has 2 aliphatic carbocycles. The quantitative estimate of drug-likeness (QED) is 0.767. The van der Waals surface area contributed by atoms with E-state index < -0.39 is 0 Å². The Labute approximate surface area is 123 Å². The fourth-order valence-electron chi connectivity index (χ4n) is 3.69. The van der Waals surface area contributed by atoms with Crippen molar-refractivity contribution in [2.24, 2.45) is 0 Å². The van der Waals surface area contributed by atoms with Crippen molar-refractivity contribution in [1.82, 2.24) is 0 Å². The molecule has 0 bridgehead atoms. The van der Waals surface area contributed by atoms with Crippen LogP contribution in [0.5, 0.6) is 0 Å². The van der Waals surface area contributed by atoms with Crippen LogP contribution in [-0.2, 0) is 17.6 Å². The van der Waals surface area contributed by atoms with Gasteiger partial charge in [-0.25, -0.2) is 0 Å². The van der Waals surface area contributed by atoms with E-state index in [0.29, 0.717) is 0 Å². The van der Waals surface area contributed by atoms with Gasteiger partial charge in [0, 0.05) is 0 Å². The Morgan fingerprint density at radius 1 is 0.952 bits per heavy atom. The molecule has 0 saturated carbocycles. The van der Waals surface area contributed by atoms with E-state index in [9.17, 15) is 4.79 Å². The van der Waals surface area contributed by atoms with Gasteiger partial charge in [-0.2, -0.15) is 0 Å². The summed E-state index contributed by atoms with van der Waals surface area (Å²) in [6.07, 6.45) is 11.8. The Balaban J connectivity index is 2.14. The van der Waals surface area contributed by atoms with E-state index in [4.69, 9.17) is 0 Å². The third-order valence-electron chi connectivity index (χ3n) is 4.65. The summed E-state index contributed by atoms with van der Waals surface area (Å²) >= 11 is 0. The first kappa shape index (κ1) is 12.6. The topological polar surface area (TPSA) is 17.1 Å².